The molecule has 0 radical (unpaired) electrons. The van der Waals surface area contributed by atoms with Crippen molar-refractivity contribution in [1.82, 2.24) is 0 Å². The third-order valence-electron chi connectivity index (χ3n) is 3.10. The van der Waals surface area contributed by atoms with Gasteiger partial charge in [0.05, 0.1) is 13.2 Å². The number of ether oxygens (including phenoxy) is 2. The molecule has 0 spiro atoms. The Bertz CT molecular complexity index is 410. The van der Waals surface area contributed by atoms with Gasteiger partial charge in [0.15, 0.2) is 5.60 Å². The van der Waals surface area contributed by atoms with Crippen LogP contribution in [-0.2, 0) is 20.7 Å². The number of carbonyl (C=O) groups excluding carboxylic acids is 1. The monoisotopic (exact) mass is 268 g/mol. The fourth-order valence-electron chi connectivity index (χ4n) is 1.94. The Balaban J connectivity index is 1.78. The maximum atomic E-state index is 11.6. The van der Waals surface area contributed by atoms with E-state index in [1.54, 1.807) is 0 Å². The largest absolute Gasteiger partial charge is 0.464 e. The topological polar surface area (TPSA) is 38.8 Å². The molecule has 0 amide bonds. The lowest BCUT2D eigenvalue weighted by atomic mass is 10.0. The lowest BCUT2D eigenvalue weighted by Gasteiger charge is -2.10. The lowest BCUT2D eigenvalue weighted by molar-refractivity contribution is -0.149. The van der Waals surface area contributed by atoms with E-state index >= 15 is 0 Å². The summed E-state index contributed by atoms with van der Waals surface area (Å²) in [4.78, 5) is 11.6. The number of carbonyl (C=O) groups is 1. The zero-order valence-electron chi connectivity index (χ0n) is 10.4. The molecule has 1 atom stereocenters. The second-order valence-corrected chi connectivity index (χ2v) is 4.92. The number of hydrogen-bond acceptors (Lipinski definition) is 3. The summed E-state index contributed by atoms with van der Waals surface area (Å²) < 4.78 is 10.3. The van der Waals surface area contributed by atoms with Crippen molar-refractivity contribution < 1.29 is 14.3 Å². The molecule has 18 heavy (non-hydrogen) atoms. The summed E-state index contributed by atoms with van der Waals surface area (Å²) in [6.45, 7) is 2.70. The van der Waals surface area contributed by atoms with Crippen LogP contribution in [0.4, 0.5) is 0 Å². The molecule has 0 aliphatic carbocycles. The van der Waals surface area contributed by atoms with E-state index in [4.69, 9.17) is 21.1 Å². The van der Waals surface area contributed by atoms with Gasteiger partial charge >= 0.3 is 5.97 Å². The van der Waals surface area contributed by atoms with Gasteiger partial charge in [0, 0.05) is 5.02 Å². The van der Waals surface area contributed by atoms with Gasteiger partial charge in [-0.05, 0) is 43.9 Å². The summed E-state index contributed by atoms with van der Waals surface area (Å²) >= 11 is 5.82. The first-order chi connectivity index (χ1) is 8.66. The van der Waals surface area contributed by atoms with E-state index in [0.29, 0.717) is 19.6 Å². The Morgan fingerprint density at radius 3 is 2.67 bits per heavy atom. The van der Waals surface area contributed by atoms with E-state index in [-0.39, 0.29) is 5.97 Å². The second-order valence-electron chi connectivity index (χ2n) is 4.48. The molecule has 1 unspecified atom stereocenters. The van der Waals surface area contributed by atoms with Crippen LogP contribution in [0.15, 0.2) is 24.3 Å². The number of epoxide rings is 1. The summed E-state index contributed by atoms with van der Waals surface area (Å²) in [5.74, 6) is -0.221. The molecule has 4 heteroatoms. The minimum Gasteiger partial charge on any atom is -0.464 e. The van der Waals surface area contributed by atoms with E-state index in [1.165, 1.54) is 5.56 Å². The molecule has 1 saturated heterocycles. The highest BCUT2D eigenvalue weighted by Gasteiger charge is 2.52. The maximum Gasteiger partial charge on any atom is 0.340 e. The molecule has 1 aromatic carbocycles. The number of hydrogen-bond donors (Lipinski definition) is 0. The third kappa shape index (κ3) is 3.24. The highest BCUT2D eigenvalue weighted by Crippen LogP contribution is 2.34. The predicted octanol–water partition coefficient (Wildman–Crippen LogP) is 2.99. The van der Waals surface area contributed by atoms with Gasteiger partial charge in [-0.25, -0.2) is 4.79 Å². The number of rotatable bonds is 6. The van der Waals surface area contributed by atoms with Crippen LogP contribution in [0.5, 0.6) is 0 Å². The van der Waals surface area contributed by atoms with Crippen molar-refractivity contribution in [2.45, 2.75) is 31.8 Å². The van der Waals surface area contributed by atoms with Crippen LogP contribution in [0.1, 0.15) is 25.3 Å². The fourth-order valence-corrected chi connectivity index (χ4v) is 2.07. The molecule has 0 N–H and O–H groups in total. The summed E-state index contributed by atoms with van der Waals surface area (Å²) in [7, 11) is 0. The maximum absolute atomic E-state index is 11.6. The van der Waals surface area contributed by atoms with Gasteiger partial charge in [-0.3, -0.25) is 0 Å². The van der Waals surface area contributed by atoms with Crippen molar-refractivity contribution in [3.8, 4) is 0 Å². The number of esters is 1. The van der Waals surface area contributed by atoms with Gasteiger partial charge < -0.3 is 9.47 Å². The molecule has 0 aromatic heterocycles. The molecular weight excluding hydrogens is 252 g/mol. The van der Waals surface area contributed by atoms with Crippen molar-refractivity contribution in [2.75, 3.05) is 13.2 Å². The van der Waals surface area contributed by atoms with Gasteiger partial charge in [0.1, 0.15) is 0 Å². The van der Waals surface area contributed by atoms with E-state index in [0.717, 1.165) is 17.9 Å². The van der Waals surface area contributed by atoms with E-state index in [2.05, 4.69) is 0 Å². The Morgan fingerprint density at radius 2 is 2.11 bits per heavy atom. The van der Waals surface area contributed by atoms with Crippen molar-refractivity contribution in [3.63, 3.8) is 0 Å². The molecule has 0 saturated carbocycles. The predicted molar refractivity (Wildman–Crippen MR) is 69.7 cm³/mol. The Labute approximate surface area is 112 Å². The van der Waals surface area contributed by atoms with Gasteiger partial charge in [-0.15, -0.1) is 0 Å². The van der Waals surface area contributed by atoms with Crippen LogP contribution in [0, 0.1) is 0 Å². The fraction of sp³-hybridized carbons (Fsp3) is 0.500. The number of halogens is 1. The second kappa shape index (κ2) is 5.72. The highest BCUT2D eigenvalue weighted by molar-refractivity contribution is 6.30. The number of benzene rings is 1. The smallest absolute Gasteiger partial charge is 0.340 e. The molecule has 1 heterocycles. The average molecular weight is 269 g/mol. The molecular formula is C14H17ClO3. The van der Waals surface area contributed by atoms with Crippen molar-refractivity contribution in [1.29, 1.82) is 0 Å². The summed E-state index contributed by atoms with van der Waals surface area (Å²) in [6.07, 6.45) is 2.54. The van der Waals surface area contributed by atoms with Crippen LogP contribution < -0.4 is 0 Å². The van der Waals surface area contributed by atoms with Crippen LogP contribution in [-0.4, -0.2) is 24.8 Å². The minimum absolute atomic E-state index is 0.221. The molecule has 3 nitrogen and oxygen atoms in total. The van der Waals surface area contributed by atoms with Crippen LogP contribution in [0.25, 0.3) is 0 Å². The zero-order chi connectivity index (χ0) is 13.0. The first kappa shape index (κ1) is 13.4. The quantitative estimate of drug-likeness (QED) is 0.588. The third-order valence-corrected chi connectivity index (χ3v) is 3.35. The van der Waals surface area contributed by atoms with Gasteiger partial charge in [0.2, 0.25) is 0 Å². The summed E-state index contributed by atoms with van der Waals surface area (Å²) in [6, 6.07) is 7.78. The standard InChI is InChI=1S/C14H17ClO3/c1-2-17-13(16)14(10-18-14)9-3-4-11-5-7-12(15)8-6-11/h5-8H,2-4,9-10H2,1H3. The van der Waals surface area contributed by atoms with E-state index in [9.17, 15) is 4.79 Å². The molecule has 1 fully saturated rings. The normalized spacial score (nSPS) is 21.7. The SMILES string of the molecule is CCOC(=O)C1(CCCc2ccc(Cl)cc2)CO1. The Morgan fingerprint density at radius 1 is 1.44 bits per heavy atom. The van der Waals surface area contributed by atoms with Gasteiger partial charge in [-0.2, -0.15) is 0 Å². The van der Waals surface area contributed by atoms with Crippen LogP contribution >= 0.6 is 11.6 Å². The molecule has 1 aliphatic heterocycles. The first-order valence-electron chi connectivity index (χ1n) is 6.22. The minimum atomic E-state index is -0.650. The Kier molecular flexibility index (Phi) is 4.25. The van der Waals surface area contributed by atoms with Crippen LogP contribution in [0.2, 0.25) is 5.02 Å². The van der Waals surface area contributed by atoms with Crippen LogP contribution in [0.3, 0.4) is 0 Å². The molecule has 1 aromatic rings. The Hall–Kier alpha value is -1.06. The molecule has 0 bridgehead atoms. The summed E-state index contributed by atoms with van der Waals surface area (Å²) in [5, 5.41) is 0.743. The van der Waals surface area contributed by atoms with Gasteiger partial charge in [-0.1, -0.05) is 23.7 Å². The zero-order valence-corrected chi connectivity index (χ0v) is 11.2. The molecule has 1 aliphatic rings. The first-order valence-corrected chi connectivity index (χ1v) is 6.60. The lowest BCUT2D eigenvalue weighted by Crippen LogP contribution is -2.27. The summed E-state index contributed by atoms with van der Waals surface area (Å²) in [5.41, 5.74) is 0.571. The molecule has 2 rings (SSSR count). The highest BCUT2D eigenvalue weighted by atomic mass is 35.5. The van der Waals surface area contributed by atoms with E-state index in [1.807, 2.05) is 31.2 Å². The van der Waals surface area contributed by atoms with Crippen molar-refractivity contribution in [3.05, 3.63) is 34.9 Å². The molecule has 98 valence electrons. The van der Waals surface area contributed by atoms with Crippen molar-refractivity contribution >= 4 is 17.6 Å². The number of aryl methyl sites for hydroxylation is 1. The van der Waals surface area contributed by atoms with E-state index < -0.39 is 5.60 Å². The van der Waals surface area contributed by atoms with Gasteiger partial charge in [0.25, 0.3) is 0 Å². The van der Waals surface area contributed by atoms with Crippen molar-refractivity contribution in [2.24, 2.45) is 0 Å². The average Bonchev–Trinajstić information content (AvgIpc) is 3.13.